The monoisotopic (exact) mass is 245 g/mol. The molecule has 0 spiro atoms. The summed E-state index contributed by atoms with van der Waals surface area (Å²) in [6.07, 6.45) is 3.77. The van der Waals surface area contributed by atoms with Gasteiger partial charge in [-0.1, -0.05) is 0 Å². The molecule has 0 bridgehead atoms. The molecule has 1 aliphatic rings. The second-order valence-corrected chi connectivity index (χ2v) is 4.65. The number of rotatable bonds is 5. The number of nitrogens with one attached hydrogen (secondary N) is 1. The number of carbonyl (C=O) groups is 1. The predicted octanol–water partition coefficient (Wildman–Crippen LogP) is 1.93. The van der Waals surface area contributed by atoms with Gasteiger partial charge in [-0.2, -0.15) is 5.26 Å². The fourth-order valence-electron chi connectivity index (χ4n) is 2.01. The van der Waals surface area contributed by atoms with Crippen LogP contribution in [0.2, 0.25) is 0 Å². The highest BCUT2D eigenvalue weighted by molar-refractivity contribution is 5.69. The molecular weight excluding hydrogens is 230 g/mol. The van der Waals surface area contributed by atoms with E-state index in [0.29, 0.717) is 17.3 Å². The topological polar surface area (TPSA) is 86.0 Å². The Hall–Kier alpha value is -2.09. The highest BCUT2D eigenvalue weighted by Gasteiger charge is 2.33. The van der Waals surface area contributed by atoms with Crippen LogP contribution in [0.5, 0.6) is 0 Å². The normalized spacial score (nSPS) is 15.8. The van der Waals surface area contributed by atoms with Gasteiger partial charge in [0.15, 0.2) is 0 Å². The molecule has 5 heteroatoms. The van der Waals surface area contributed by atoms with Crippen molar-refractivity contribution in [2.45, 2.75) is 32.2 Å². The molecule has 1 saturated carbocycles. The molecule has 1 aliphatic carbocycles. The van der Waals surface area contributed by atoms with Gasteiger partial charge in [-0.15, -0.1) is 0 Å². The largest absolute Gasteiger partial charge is 0.481 e. The Bertz CT molecular complexity index is 503. The zero-order valence-electron chi connectivity index (χ0n) is 10.2. The van der Waals surface area contributed by atoms with Gasteiger partial charge in [-0.3, -0.25) is 4.79 Å². The Morgan fingerprint density at radius 3 is 3.00 bits per heavy atom. The lowest BCUT2D eigenvalue weighted by Gasteiger charge is -2.18. The van der Waals surface area contributed by atoms with Crippen LogP contribution < -0.4 is 5.32 Å². The van der Waals surface area contributed by atoms with Crippen molar-refractivity contribution in [3.05, 3.63) is 23.4 Å². The molecule has 2 rings (SSSR count). The average molecular weight is 245 g/mol. The Balaban J connectivity index is 2.18. The number of aliphatic carboxylic acids is 1. The second kappa shape index (κ2) is 5.05. The Labute approximate surface area is 105 Å². The van der Waals surface area contributed by atoms with Crippen molar-refractivity contribution in [1.82, 2.24) is 4.98 Å². The summed E-state index contributed by atoms with van der Waals surface area (Å²) in [6.45, 7) is 1.84. The maximum Gasteiger partial charge on any atom is 0.305 e. The third kappa shape index (κ3) is 2.77. The van der Waals surface area contributed by atoms with Crippen molar-refractivity contribution >= 4 is 11.8 Å². The molecule has 1 unspecified atom stereocenters. The highest BCUT2D eigenvalue weighted by atomic mass is 16.4. The first-order valence-electron chi connectivity index (χ1n) is 5.96. The second-order valence-electron chi connectivity index (χ2n) is 4.65. The SMILES string of the molecule is Cc1ccnc(NC(CC(=O)O)C2CC2)c1C#N. The van der Waals surface area contributed by atoms with E-state index in [4.69, 9.17) is 10.4 Å². The maximum atomic E-state index is 10.8. The standard InChI is InChI=1S/C13H15N3O2/c1-8-4-5-15-13(10(8)7-14)16-11(6-12(17)18)9-2-3-9/h4-5,9,11H,2-3,6H2,1H3,(H,15,16)(H,17,18). The predicted molar refractivity (Wildman–Crippen MR) is 66.1 cm³/mol. The summed E-state index contributed by atoms with van der Waals surface area (Å²) in [7, 11) is 0. The molecular formula is C13H15N3O2. The average Bonchev–Trinajstić information content (AvgIpc) is 3.11. The molecule has 2 N–H and O–H groups in total. The molecule has 0 amide bonds. The first-order chi connectivity index (χ1) is 8.61. The van der Waals surface area contributed by atoms with Crippen LogP contribution in [0.15, 0.2) is 12.3 Å². The van der Waals surface area contributed by atoms with E-state index in [1.165, 1.54) is 0 Å². The lowest BCUT2D eigenvalue weighted by Crippen LogP contribution is -2.26. The number of nitriles is 1. The van der Waals surface area contributed by atoms with Crippen molar-refractivity contribution in [2.75, 3.05) is 5.32 Å². The van der Waals surface area contributed by atoms with E-state index in [-0.39, 0.29) is 12.5 Å². The molecule has 1 fully saturated rings. The van der Waals surface area contributed by atoms with E-state index in [1.807, 2.05) is 6.92 Å². The van der Waals surface area contributed by atoms with E-state index in [1.54, 1.807) is 12.3 Å². The maximum absolute atomic E-state index is 10.8. The van der Waals surface area contributed by atoms with Gasteiger partial charge < -0.3 is 10.4 Å². The Morgan fingerprint density at radius 1 is 1.72 bits per heavy atom. The smallest absolute Gasteiger partial charge is 0.305 e. The number of nitrogens with zero attached hydrogens (tertiary/aromatic N) is 2. The molecule has 5 nitrogen and oxygen atoms in total. The summed E-state index contributed by atoms with van der Waals surface area (Å²) in [6, 6.07) is 3.75. The molecule has 1 aromatic heterocycles. The van der Waals surface area contributed by atoms with Crippen molar-refractivity contribution < 1.29 is 9.90 Å². The number of carboxylic acid groups (broad SMARTS) is 1. The van der Waals surface area contributed by atoms with E-state index < -0.39 is 5.97 Å². The van der Waals surface area contributed by atoms with E-state index >= 15 is 0 Å². The Morgan fingerprint density at radius 2 is 2.44 bits per heavy atom. The summed E-state index contributed by atoms with van der Waals surface area (Å²) in [5.41, 5.74) is 1.34. The zero-order valence-corrected chi connectivity index (χ0v) is 10.2. The van der Waals surface area contributed by atoms with Gasteiger partial charge in [-0.25, -0.2) is 4.98 Å². The van der Waals surface area contributed by atoms with Gasteiger partial charge >= 0.3 is 5.97 Å². The lowest BCUT2D eigenvalue weighted by molar-refractivity contribution is -0.137. The minimum atomic E-state index is -0.828. The summed E-state index contributed by atoms with van der Waals surface area (Å²) >= 11 is 0. The number of aromatic nitrogens is 1. The molecule has 0 aromatic carbocycles. The van der Waals surface area contributed by atoms with Crippen molar-refractivity contribution in [1.29, 1.82) is 5.26 Å². The van der Waals surface area contributed by atoms with Gasteiger partial charge in [0.2, 0.25) is 0 Å². The van der Waals surface area contributed by atoms with E-state index in [9.17, 15) is 4.79 Å². The summed E-state index contributed by atoms with van der Waals surface area (Å²) < 4.78 is 0. The highest BCUT2D eigenvalue weighted by Crippen LogP contribution is 2.36. The minimum Gasteiger partial charge on any atom is -0.481 e. The van der Waals surface area contributed by atoms with Crippen LogP contribution in [-0.4, -0.2) is 22.1 Å². The van der Waals surface area contributed by atoms with Crippen LogP contribution in [0.1, 0.15) is 30.4 Å². The lowest BCUT2D eigenvalue weighted by atomic mass is 10.1. The van der Waals surface area contributed by atoms with Gasteiger partial charge in [-0.05, 0) is 37.3 Å². The number of anilines is 1. The van der Waals surface area contributed by atoms with Crippen LogP contribution in [0.4, 0.5) is 5.82 Å². The van der Waals surface area contributed by atoms with Gasteiger partial charge in [0.1, 0.15) is 11.9 Å². The van der Waals surface area contributed by atoms with Crippen molar-refractivity contribution in [3.8, 4) is 6.07 Å². The zero-order chi connectivity index (χ0) is 13.1. The minimum absolute atomic E-state index is 0.0607. The van der Waals surface area contributed by atoms with Gasteiger partial charge in [0.25, 0.3) is 0 Å². The quantitative estimate of drug-likeness (QED) is 0.827. The van der Waals surface area contributed by atoms with Crippen LogP contribution in [0.25, 0.3) is 0 Å². The molecule has 1 aromatic rings. The number of pyridine rings is 1. The van der Waals surface area contributed by atoms with Crippen LogP contribution in [0.3, 0.4) is 0 Å². The third-order valence-electron chi connectivity index (χ3n) is 3.18. The Kier molecular flexibility index (Phi) is 3.47. The number of aryl methyl sites for hydroxylation is 1. The van der Waals surface area contributed by atoms with Crippen LogP contribution in [-0.2, 0) is 4.79 Å². The summed E-state index contributed by atoms with van der Waals surface area (Å²) in [5.74, 6) is 0.0520. The van der Waals surface area contributed by atoms with E-state index in [2.05, 4.69) is 16.4 Å². The summed E-state index contributed by atoms with van der Waals surface area (Å²) in [4.78, 5) is 15.0. The first kappa shape index (κ1) is 12.4. The fraction of sp³-hybridized carbons (Fsp3) is 0.462. The van der Waals surface area contributed by atoms with Gasteiger partial charge in [0, 0.05) is 12.2 Å². The van der Waals surface area contributed by atoms with Crippen molar-refractivity contribution in [2.24, 2.45) is 5.92 Å². The van der Waals surface area contributed by atoms with Crippen LogP contribution in [0, 0.1) is 24.2 Å². The van der Waals surface area contributed by atoms with Crippen molar-refractivity contribution in [3.63, 3.8) is 0 Å². The third-order valence-corrected chi connectivity index (χ3v) is 3.18. The number of hydrogen-bond donors (Lipinski definition) is 2. The molecule has 0 aliphatic heterocycles. The number of carboxylic acids is 1. The van der Waals surface area contributed by atoms with E-state index in [0.717, 1.165) is 18.4 Å². The molecule has 0 radical (unpaired) electrons. The molecule has 94 valence electrons. The summed E-state index contributed by atoms with van der Waals surface area (Å²) in [5, 5.41) is 21.1. The fourth-order valence-corrected chi connectivity index (χ4v) is 2.01. The molecule has 0 saturated heterocycles. The van der Waals surface area contributed by atoms with Gasteiger partial charge in [0.05, 0.1) is 12.0 Å². The van der Waals surface area contributed by atoms with Crippen LogP contribution >= 0.6 is 0 Å². The molecule has 18 heavy (non-hydrogen) atoms. The first-order valence-corrected chi connectivity index (χ1v) is 5.96. The molecule has 1 atom stereocenters. The number of hydrogen-bond acceptors (Lipinski definition) is 4. The molecule has 1 heterocycles.